The Labute approximate surface area is 336 Å². The second-order valence-corrected chi connectivity index (χ2v) is 13.4. The molecule has 1 saturated heterocycles. The number of methoxy groups -OCH3 is 1. The molecule has 1 heterocycles. The fraction of sp³-hybridized carbons (Fsp3) is 0.222. The van der Waals surface area contributed by atoms with Crippen LogP contribution in [0.15, 0.2) is 127 Å². The zero-order valence-corrected chi connectivity index (χ0v) is 32.1. The molecule has 11 nitrogen and oxygen atoms in total. The monoisotopic (exact) mass is 787 g/mol. The van der Waals surface area contributed by atoms with Gasteiger partial charge in [0, 0.05) is 56.3 Å². The lowest BCUT2D eigenvalue weighted by molar-refractivity contribution is 0.0593. The van der Waals surface area contributed by atoms with Crippen molar-refractivity contribution in [3.8, 4) is 29.1 Å². The fourth-order valence-corrected chi connectivity index (χ4v) is 6.70. The first-order valence-corrected chi connectivity index (χ1v) is 18.8. The van der Waals surface area contributed by atoms with Gasteiger partial charge in [0.1, 0.15) is 23.7 Å². The maximum atomic E-state index is 13.3. The molecule has 5 aromatic rings. The molecule has 1 aliphatic heterocycles. The summed E-state index contributed by atoms with van der Waals surface area (Å²) in [5.74, 6) is 6.20. The van der Waals surface area contributed by atoms with Gasteiger partial charge in [0.15, 0.2) is 5.75 Å². The minimum Gasteiger partial charge on any atom is -0.491 e. The van der Waals surface area contributed by atoms with Crippen molar-refractivity contribution in [1.29, 1.82) is 0 Å². The molecule has 12 heteroatoms. The topological polar surface area (TPSA) is 118 Å². The molecule has 292 valence electrons. The van der Waals surface area contributed by atoms with E-state index in [2.05, 4.69) is 58.0 Å². The number of halogens is 1. The molecule has 1 N–H and O–H groups in total. The van der Waals surface area contributed by atoms with Crippen LogP contribution in [0.5, 0.6) is 17.2 Å². The molecule has 1 amide bonds. The number of anilines is 1. The molecule has 1 atom stereocenters. The minimum atomic E-state index is -1.52. The van der Waals surface area contributed by atoms with Crippen LogP contribution in [0.3, 0.4) is 0 Å². The molecule has 5 aromatic carbocycles. The summed E-state index contributed by atoms with van der Waals surface area (Å²) in [7, 11) is 1.31. The Morgan fingerprint density at radius 1 is 0.789 bits per heavy atom. The Bertz CT molecular complexity index is 2180. The largest absolute Gasteiger partial charge is 0.511 e. The van der Waals surface area contributed by atoms with E-state index in [0.717, 1.165) is 26.2 Å². The van der Waals surface area contributed by atoms with E-state index in [4.69, 9.17) is 30.5 Å². The van der Waals surface area contributed by atoms with Gasteiger partial charge in [-0.1, -0.05) is 96.2 Å². The third-order valence-corrected chi connectivity index (χ3v) is 9.59. The van der Waals surface area contributed by atoms with E-state index in [9.17, 15) is 19.5 Å². The zero-order chi connectivity index (χ0) is 40.0. The van der Waals surface area contributed by atoms with Crippen LogP contribution in [0.25, 0.3) is 0 Å². The highest BCUT2D eigenvalue weighted by molar-refractivity contribution is 6.30. The van der Waals surface area contributed by atoms with Crippen LogP contribution in [-0.4, -0.2) is 86.1 Å². The van der Waals surface area contributed by atoms with Crippen molar-refractivity contribution in [1.82, 2.24) is 9.80 Å². The predicted octanol–water partition coefficient (Wildman–Crippen LogP) is 8.42. The number of hydrogen-bond acceptors (Lipinski definition) is 9. The Balaban J connectivity index is 1.07. The predicted molar refractivity (Wildman–Crippen MR) is 217 cm³/mol. The van der Waals surface area contributed by atoms with Crippen molar-refractivity contribution in [2.24, 2.45) is 0 Å². The average molecular weight is 788 g/mol. The number of benzene rings is 5. The Morgan fingerprint density at radius 2 is 1.46 bits per heavy atom. The summed E-state index contributed by atoms with van der Waals surface area (Å²) in [4.78, 5) is 43.6. The average Bonchev–Trinajstić information content (AvgIpc) is 3.23. The number of hydrogen-bond donors (Lipinski definition) is 1. The fourth-order valence-electron chi connectivity index (χ4n) is 6.57. The third kappa shape index (κ3) is 11.1. The van der Waals surface area contributed by atoms with Gasteiger partial charge < -0.3 is 24.1 Å². The number of para-hydroxylation sites is 3. The molecule has 0 saturated carbocycles. The highest BCUT2D eigenvalue weighted by Crippen LogP contribution is 2.31. The number of rotatable bonds is 13. The highest BCUT2D eigenvalue weighted by atomic mass is 35.5. The molecule has 0 aromatic heterocycles. The first-order valence-electron chi connectivity index (χ1n) is 18.4. The van der Waals surface area contributed by atoms with Gasteiger partial charge in [0.05, 0.1) is 18.8 Å². The molecule has 0 aliphatic carbocycles. The second-order valence-electron chi connectivity index (χ2n) is 13.0. The first kappa shape index (κ1) is 40.3. The lowest BCUT2D eigenvalue weighted by Gasteiger charge is -2.39. The van der Waals surface area contributed by atoms with Gasteiger partial charge in [-0.3, -0.25) is 14.7 Å². The quantitative estimate of drug-likeness (QED) is 0.0708. The minimum absolute atomic E-state index is 0.0330. The molecule has 1 aliphatic rings. The van der Waals surface area contributed by atoms with Crippen LogP contribution < -0.4 is 19.1 Å². The number of amides is 1. The smallest absolute Gasteiger partial charge is 0.491 e. The van der Waals surface area contributed by atoms with Crippen LogP contribution >= 0.6 is 11.6 Å². The standard InChI is InChI=1S/C45H42ClN3O8/c1-54-43(50)38-32-33(12-10-11-25-49(44(51)56-37-15-6-3-7-16-37)39-17-8-9-18-41(39)57-45(52)53)19-24-40(38)55-31-30-47-26-28-48(29-27-47)42(34-13-4-2-5-14-34)35-20-22-36(46)23-21-35/h2-9,13-24,32,42H,11,25-31H2,1H3,(H,52,53)/t42-/m1/s1. The Morgan fingerprint density at radius 3 is 2.16 bits per heavy atom. The summed E-state index contributed by atoms with van der Waals surface area (Å²) in [6.07, 6.45) is -2.08. The summed E-state index contributed by atoms with van der Waals surface area (Å²) < 4.78 is 21.7. The van der Waals surface area contributed by atoms with Crippen molar-refractivity contribution in [2.45, 2.75) is 12.5 Å². The van der Waals surface area contributed by atoms with Gasteiger partial charge in [-0.15, -0.1) is 0 Å². The summed E-state index contributed by atoms with van der Waals surface area (Å²) >= 11 is 6.20. The van der Waals surface area contributed by atoms with Crippen LogP contribution in [0.2, 0.25) is 5.02 Å². The van der Waals surface area contributed by atoms with Crippen molar-refractivity contribution < 1.29 is 38.4 Å². The van der Waals surface area contributed by atoms with Gasteiger partial charge in [-0.2, -0.15) is 0 Å². The summed E-state index contributed by atoms with van der Waals surface area (Å²) in [6.45, 7) is 4.56. The van der Waals surface area contributed by atoms with Crippen molar-refractivity contribution in [2.75, 3.05) is 57.9 Å². The SMILES string of the molecule is COC(=O)c1cc(C#CCCN(C(=O)Oc2ccccc2)c2ccccc2OC(=O)O)ccc1OCCN1CCN([C@H](c2ccccc2)c2ccc(Cl)cc2)CC1. The molecular weight excluding hydrogens is 746 g/mol. The Kier molecular flexibility index (Phi) is 14.2. The molecule has 1 fully saturated rings. The number of carbonyl (C=O) groups excluding carboxylic acids is 2. The molecule has 57 heavy (non-hydrogen) atoms. The Hall–Kier alpha value is -6.32. The molecule has 6 rings (SSSR count). The van der Waals surface area contributed by atoms with Crippen LogP contribution in [-0.2, 0) is 4.74 Å². The van der Waals surface area contributed by atoms with E-state index >= 15 is 0 Å². The van der Waals surface area contributed by atoms with E-state index in [1.54, 1.807) is 66.7 Å². The van der Waals surface area contributed by atoms with E-state index < -0.39 is 18.2 Å². The molecule has 0 bridgehead atoms. The molecule has 0 spiro atoms. The maximum Gasteiger partial charge on any atom is 0.511 e. The van der Waals surface area contributed by atoms with E-state index in [1.807, 2.05) is 18.2 Å². The van der Waals surface area contributed by atoms with Crippen molar-refractivity contribution >= 4 is 35.5 Å². The molecule has 0 unspecified atom stereocenters. The third-order valence-electron chi connectivity index (χ3n) is 9.34. The molecule has 0 radical (unpaired) electrons. The number of esters is 1. The van der Waals surface area contributed by atoms with Gasteiger partial charge in [0.2, 0.25) is 0 Å². The van der Waals surface area contributed by atoms with E-state index in [-0.39, 0.29) is 36.0 Å². The summed E-state index contributed by atoms with van der Waals surface area (Å²) in [6, 6.07) is 38.5. The summed E-state index contributed by atoms with van der Waals surface area (Å²) in [5, 5.41) is 9.98. The number of piperazine rings is 1. The first-order chi connectivity index (χ1) is 27.8. The van der Waals surface area contributed by atoms with Crippen molar-refractivity contribution in [3.63, 3.8) is 0 Å². The van der Waals surface area contributed by atoms with Crippen LogP contribution in [0.1, 0.15) is 39.5 Å². The van der Waals surface area contributed by atoms with E-state index in [1.165, 1.54) is 29.2 Å². The molecular formula is C45H42ClN3O8. The number of carboxylic acid groups (broad SMARTS) is 1. The number of nitrogens with zero attached hydrogens (tertiary/aromatic N) is 3. The normalized spacial score (nSPS) is 13.4. The summed E-state index contributed by atoms with van der Waals surface area (Å²) in [5.41, 5.74) is 3.43. The van der Waals surface area contributed by atoms with Crippen LogP contribution in [0.4, 0.5) is 15.3 Å². The van der Waals surface area contributed by atoms with Gasteiger partial charge in [-0.05, 0) is 65.7 Å². The zero-order valence-electron chi connectivity index (χ0n) is 31.4. The van der Waals surface area contributed by atoms with Gasteiger partial charge in [-0.25, -0.2) is 14.4 Å². The second kappa shape index (κ2) is 20.0. The van der Waals surface area contributed by atoms with Gasteiger partial charge in [0.25, 0.3) is 0 Å². The van der Waals surface area contributed by atoms with E-state index in [0.29, 0.717) is 35.2 Å². The highest BCUT2D eigenvalue weighted by Gasteiger charge is 2.27. The number of carbonyl (C=O) groups is 3. The van der Waals surface area contributed by atoms with Crippen LogP contribution in [0, 0.1) is 11.8 Å². The lowest BCUT2D eigenvalue weighted by Crippen LogP contribution is -2.48. The van der Waals surface area contributed by atoms with Crippen molar-refractivity contribution in [3.05, 3.63) is 155 Å². The van der Waals surface area contributed by atoms with Gasteiger partial charge >= 0.3 is 18.2 Å². The lowest BCUT2D eigenvalue weighted by atomic mass is 9.96. The maximum absolute atomic E-state index is 13.3. The number of ether oxygens (including phenoxy) is 4.